The molecule has 1 heterocycles. The minimum Gasteiger partial charge on any atom is -0.383 e. The molecule has 0 bridgehead atoms. The lowest BCUT2D eigenvalue weighted by Gasteiger charge is -2.11. The summed E-state index contributed by atoms with van der Waals surface area (Å²) < 4.78 is 33.5. The first kappa shape index (κ1) is 14.7. The maximum atomic E-state index is 13.7. The molecule has 0 saturated carbocycles. The van der Waals surface area contributed by atoms with Crippen molar-refractivity contribution in [3.63, 3.8) is 0 Å². The first-order valence-electron chi connectivity index (χ1n) is 5.95. The van der Waals surface area contributed by atoms with Crippen molar-refractivity contribution >= 4 is 23.2 Å². The molecule has 1 N–H and O–H groups in total. The van der Waals surface area contributed by atoms with Gasteiger partial charge in [-0.1, -0.05) is 11.6 Å². The zero-order chi connectivity index (χ0) is 14.7. The average Bonchev–Trinajstić information content (AvgIpc) is 2.71. The number of aryl methyl sites for hydroxylation is 1. The fourth-order valence-corrected chi connectivity index (χ4v) is 2.02. The van der Waals surface area contributed by atoms with Gasteiger partial charge in [0.05, 0.1) is 23.0 Å². The molecule has 0 spiro atoms. The van der Waals surface area contributed by atoms with Crippen molar-refractivity contribution < 1.29 is 13.5 Å². The number of rotatable bonds is 5. The molecule has 0 radical (unpaired) electrons. The molecule has 0 unspecified atom stereocenters. The normalized spacial score (nSPS) is 10.8. The summed E-state index contributed by atoms with van der Waals surface area (Å²) in [5, 5.41) is 2.75. The van der Waals surface area contributed by atoms with Crippen molar-refractivity contribution in [2.75, 3.05) is 19.0 Å². The highest BCUT2D eigenvalue weighted by molar-refractivity contribution is 6.33. The van der Waals surface area contributed by atoms with Gasteiger partial charge in [0.15, 0.2) is 5.82 Å². The van der Waals surface area contributed by atoms with Gasteiger partial charge in [-0.3, -0.25) is 0 Å². The van der Waals surface area contributed by atoms with E-state index in [1.165, 1.54) is 0 Å². The third-order valence-electron chi connectivity index (χ3n) is 2.68. The molecular formula is C13H14ClF2N3O. The SMILES string of the molecule is COCCn1cc(C)nc1Nc1c(F)cc(F)cc1Cl. The second-order valence-corrected chi connectivity index (χ2v) is 4.67. The standard InChI is InChI=1S/C13H14ClF2N3O/c1-8-7-19(3-4-20-2)13(17-8)18-12-10(14)5-9(15)6-11(12)16/h5-7H,3-4H2,1-2H3,(H,17,18). The first-order chi connectivity index (χ1) is 9.51. The van der Waals surface area contributed by atoms with Gasteiger partial charge in [-0.15, -0.1) is 0 Å². The van der Waals surface area contributed by atoms with E-state index in [9.17, 15) is 8.78 Å². The lowest BCUT2D eigenvalue weighted by atomic mass is 10.3. The fraction of sp³-hybridized carbons (Fsp3) is 0.308. The number of methoxy groups -OCH3 is 1. The highest BCUT2D eigenvalue weighted by Crippen LogP contribution is 2.29. The zero-order valence-electron chi connectivity index (χ0n) is 11.1. The van der Waals surface area contributed by atoms with Gasteiger partial charge in [-0.05, 0) is 13.0 Å². The van der Waals surface area contributed by atoms with Crippen LogP contribution in [0, 0.1) is 18.6 Å². The highest BCUT2D eigenvalue weighted by Gasteiger charge is 2.13. The maximum Gasteiger partial charge on any atom is 0.207 e. The number of imidazole rings is 1. The van der Waals surface area contributed by atoms with Crippen LogP contribution in [0.5, 0.6) is 0 Å². The van der Waals surface area contributed by atoms with E-state index < -0.39 is 11.6 Å². The smallest absolute Gasteiger partial charge is 0.207 e. The number of benzene rings is 1. The Labute approximate surface area is 120 Å². The van der Waals surface area contributed by atoms with E-state index in [-0.39, 0.29) is 10.7 Å². The van der Waals surface area contributed by atoms with Gasteiger partial charge in [-0.2, -0.15) is 0 Å². The Morgan fingerprint density at radius 3 is 2.80 bits per heavy atom. The van der Waals surface area contributed by atoms with Crippen LogP contribution in [0.4, 0.5) is 20.4 Å². The van der Waals surface area contributed by atoms with Crippen LogP contribution in [-0.4, -0.2) is 23.3 Å². The molecule has 0 aliphatic heterocycles. The quantitative estimate of drug-likeness (QED) is 0.918. The maximum absolute atomic E-state index is 13.7. The number of hydrogen-bond donors (Lipinski definition) is 1. The molecule has 0 aliphatic rings. The number of nitrogens with one attached hydrogen (secondary N) is 1. The summed E-state index contributed by atoms with van der Waals surface area (Å²) in [4.78, 5) is 4.24. The predicted molar refractivity (Wildman–Crippen MR) is 73.5 cm³/mol. The van der Waals surface area contributed by atoms with Gasteiger partial charge in [0.2, 0.25) is 5.95 Å². The van der Waals surface area contributed by atoms with E-state index in [1.807, 2.05) is 6.92 Å². The lowest BCUT2D eigenvalue weighted by Crippen LogP contribution is -2.08. The minimum absolute atomic E-state index is 0.00247. The van der Waals surface area contributed by atoms with E-state index in [1.54, 1.807) is 17.9 Å². The molecule has 7 heteroatoms. The van der Waals surface area contributed by atoms with Crippen LogP contribution in [0.15, 0.2) is 18.3 Å². The molecule has 4 nitrogen and oxygen atoms in total. The van der Waals surface area contributed by atoms with Crippen molar-refractivity contribution in [3.05, 3.63) is 40.7 Å². The summed E-state index contributed by atoms with van der Waals surface area (Å²) in [6, 6.07) is 1.81. The van der Waals surface area contributed by atoms with E-state index in [0.29, 0.717) is 19.1 Å². The molecule has 0 aliphatic carbocycles. The van der Waals surface area contributed by atoms with Gasteiger partial charge >= 0.3 is 0 Å². The Bertz CT molecular complexity index is 593. The number of nitrogens with zero attached hydrogens (tertiary/aromatic N) is 2. The number of ether oxygens (including phenoxy) is 1. The van der Waals surface area contributed by atoms with Gasteiger partial charge in [0, 0.05) is 25.9 Å². The van der Waals surface area contributed by atoms with Crippen LogP contribution in [0.2, 0.25) is 5.02 Å². The average molecular weight is 302 g/mol. The molecule has 2 aromatic rings. The number of hydrogen-bond acceptors (Lipinski definition) is 3. The van der Waals surface area contributed by atoms with Gasteiger partial charge in [0.25, 0.3) is 0 Å². The van der Waals surface area contributed by atoms with E-state index in [4.69, 9.17) is 16.3 Å². The molecule has 0 amide bonds. The van der Waals surface area contributed by atoms with E-state index in [2.05, 4.69) is 10.3 Å². The molecule has 0 fully saturated rings. The molecule has 0 saturated heterocycles. The van der Waals surface area contributed by atoms with Gasteiger partial charge in [-0.25, -0.2) is 13.8 Å². The fourth-order valence-electron chi connectivity index (χ4n) is 1.78. The van der Waals surface area contributed by atoms with Crippen LogP contribution in [0.25, 0.3) is 0 Å². The summed E-state index contributed by atoms with van der Waals surface area (Å²) >= 11 is 5.84. The number of halogens is 3. The number of anilines is 2. The van der Waals surface area contributed by atoms with Crippen molar-refractivity contribution in [3.8, 4) is 0 Å². The Hall–Kier alpha value is -1.66. The molecule has 20 heavy (non-hydrogen) atoms. The summed E-state index contributed by atoms with van der Waals surface area (Å²) in [6.07, 6.45) is 1.80. The molecular weight excluding hydrogens is 288 g/mol. The summed E-state index contributed by atoms with van der Waals surface area (Å²) in [7, 11) is 1.59. The van der Waals surface area contributed by atoms with E-state index >= 15 is 0 Å². The summed E-state index contributed by atoms with van der Waals surface area (Å²) in [5.41, 5.74) is 0.763. The largest absolute Gasteiger partial charge is 0.383 e. The third-order valence-corrected chi connectivity index (χ3v) is 2.98. The highest BCUT2D eigenvalue weighted by atomic mass is 35.5. The predicted octanol–water partition coefficient (Wildman–Crippen LogP) is 3.51. The first-order valence-corrected chi connectivity index (χ1v) is 6.33. The summed E-state index contributed by atoms with van der Waals surface area (Å²) in [6.45, 7) is 2.86. The van der Waals surface area contributed by atoms with Crippen LogP contribution in [0.1, 0.15) is 5.69 Å². The second kappa shape index (κ2) is 6.19. The zero-order valence-corrected chi connectivity index (χ0v) is 11.8. The van der Waals surface area contributed by atoms with Crippen molar-refractivity contribution in [1.82, 2.24) is 9.55 Å². The Morgan fingerprint density at radius 1 is 1.40 bits per heavy atom. The molecule has 0 atom stereocenters. The summed E-state index contributed by atoms with van der Waals surface area (Å²) in [5.74, 6) is -1.07. The van der Waals surface area contributed by atoms with Gasteiger partial charge in [0.1, 0.15) is 5.82 Å². The molecule has 1 aromatic carbocycles. The Kier molecular flexibility index (Phi) is 4.57. The van der Waals surface area contributed by atoms with E-state index in [0.717, 1.165) is 17.8 Å². The van der Waals surface area contributed by atoms with Crippen molar-refractivity contribution in [2.45, 2.75) is 13.5 Å². The van der Waals surface area contributed by atoms with Gasteiger partial charge < -0.3 is 14.6 Å². The van der Waals surface area contributed by atoms with Crippen LogP contribution >= 0.6 is 11.6 Å². The monoisotopic (exact) mass is 301 g/mol. The molecule has 108 valence electrons. The van der Waals surface area contributed by atoms with Crippen LogP contribution in [-0.2, 0) is 11.3 Å². The lowest BCUT2D eigenvalue weighted by molar-refractivity contribution is 0.188. The second-order valence-electron chi connectivity index (χ2n) is 4.26. The number of aromatic nitrogens is 2. The molecule has 1 aromatic heterocycles. The minimum atomic E-state index is -0.769. The third kappa shape index (κ3) is 3.26. The van der Waals surface area contributed by atoms with Crippen LogP contribution in [0.3, 0.4) is 0 Å². The van der Waals surface area contributed by atoms with Crippen LogP contribution < -0.4 is 5.32 Å². The topological polar surface area (TPSA) is 39.1 Å². The van der Waals surface area contributed by atoms with Crippen molar-refractivity contribution in [1.29, 1.82) is 0 Å². The Morgan fingerprint density at radius 2 is 2.15 bits per heavy atom. The molecule has 2 rings (SSSR count). The Balaban J connectivity index is 2.30. The van der Waals surface area contributed by atoms with Crippen molar-refractivity contribution in [2.24, 2.45) is 0 Å².